The van der Waals surface area contributed by atoms with Crippen LogP contribution in [0.15, 0.2) is 10.6 Å². The van der Waals surface area contributed by atoms with Crippen LogP contribution in [-0.2, 0) is 13.1 Å². The van der Waals surface area contributed by atoms with Gasteiger partial charge in [0.2, 0.25) is 0 Å². The maximum Gasteiger partial charge on any atom is 0.151 e. The SMILES string of the molecule is CCCC1CCN(Cc2cc(CNC(C)C)no2)C1. The number of nitrogens with one attached hydrogen (secondary N) is 1. The molecule has 2 rings (SSSR count). The topological polar surface area (TPSA) is 41.3 Å². The molecule has 0 radical (unpaired) electrons. The van der Waals surface area contributed by atoms with E-state index in [2.05, 4.69) is 42.2 Å². The van der Waals surface area contributed by atoms with Crippen molar-refractivity contribution < 1.29 is 4.52 Å². The van der Waals surface area contributed by atoms with Gasteiger partial charge in [-0.1, -0.05) is 32.3 Å². The van der Waals surface area contributed by atoms with Gasteiger partial charge in [0.05, 0.1) is 12.2 Å². The van der Waals surface area contributed by atoms with Crippen molar-refractivity contribution in [2.24, 2.45) is 5.92 Å². The Morgan fingerprint density at radius 3 is 3.11 bits per heavy atom. The van der Waals surface area contributed by atoms with Gasteiger partial charge in [-0.3, -0.25) is 4.90 Å². The molecule has 1 fully saturated rings. The molecule has 1 aromatic rings. The smallest absolute Gasteiger partial charge is 0.151 e. The van der Waals surface area contributed by atoms with Crippen LogP contribution in [0.25, 0.3) is 0 Å². The van der Waals surface area contributed by atoms with Crippen LogP contribution in [0, 0.1) is 5.92 Å². The third-order valence-electron chi connectivity index (χ3n) is 3.75. The lowest BCUT2D eigenvalue weighted by Gasteiger charge is -2.13. The maximum atomic E-state index is 5.42. The average Bonchev–Trinajstić information content (AvgIpc) is 2.98. The van der Waals surface area contributed by atoms with E-state index in [-0.39, 0.29) is 0 Å². The van der Waals surface area contributed by atoms with Crippen molar-refractivity contribution in [2.45, 2.75) is 59.2 Å². The highest BCUT2D eigenvalue weighted by Crippen LogP contribution is 2.22. The summed E-state index contributed by atoms with van der Waals surface area (Å²) in [7, 11) is 0. The Bertz CT molecular complexity index is 375. The summed E-state index contributed by atoms with van der Waals surface area (Å²) in [6.45, 7) is 10.7. The lowest BCUT2D eigenvalue weighted by atomic mass is 10.0. The molecule has 1 saturated heterocycles. The summed E-state index contributed by atoms with van der Waals surface area (Å²) in [5, 5.41) is 7.48. The zero-order valence-corrected chi connectivity index (χ0v) is 12.5. The van der Waals surface area contributed by atoms with Crippen LogP contribution in [0.5, 0.6) is 0 Å². The molecule has 2 heterocycles. The molecule has 4 nitrogen and oxygen atoms in total. The van der Waals surface area contributed by atoms with Crippen molar-refractivity contribution in [3.8, 4) is 0 Å². The van der Waals surface area contributed by atoms with Gasteiger partial charge in [-0.15, -0.1) is 0 Å². The summed E-state index contributed by atoms with van der Waals surface area (Å²) in [5.74, 6) is 1.88. The van der Waals surface area contributed by atoms with Crippen LogP contribution in [0.2, 0.25) is 0 Å². The third-order valence-corrected chi connectivity index (χ3v) is 3.75. The quantitative estimate of drug-likeness (QED) is 0.823. The zero-order chi connectivity index (χ0) is 13.7. The van der Waals surface area contributed by atoms with E-state index in [1.807, 2.05) is 0 Å². The molecular weight excluding hydrogens is 238 g/mol. The predicted molar refractivity (Wildman–Crippen MR) is 76.8 cm³/mol. The molecule has 1 aliphatic rings. The average molecular weight is 265 g/mol. The molecule has 0 bridgehead atoms. The number of nitrogens with zero attached hydrogens (tertiary/aromatic N) is 2. The zero-order valence-electron chi connectivity index (χ0n) is 12.5. The van der Waals surface area contributed by atoms with Crippen molar-refractivity contribution in [3.63, 3.8) is 0 Å². The fourth-order valence-electron chi connectivity index (χ4n) is 2.74. The molecule has 108 valence electrons. The lowest BCUT2D eigenvalue weighted by Crippen LogP contribution is -2.22. The van der Waals surface area contributed by atoms with E-state index in [4.69, 9.17) is 4.52 Å². The van der Waals surface area contributed by atoms with Gasteiger partial charge in [0.1, 0.15) is 0 Å². The minimum Gasteiger partial charge on any atom is -0.360 e. The standard InChI is InChI=1S/C15H27N3O/c1-4-5-13-6-7-18(10-13)11-15-8-14(17-19-15)9-16-12(2)3/h8,12-13,16H,4-7,9-11H2,1-3H3. The Morgan fingerprint density at radius 1 is 1.53 bits per heavy atom. The number of aromatic nitrogens is 1. The third kappa shape index (κ3) is 4.62. The molecule has 0 aromatic carbocycles. The van der Waals surface area contributed by atoms with Gasteiger partial charge in [-0.25, -0.2) is 0 Å². The number of rotatable bonds is 7. The van der Waals surface area contributed by atoms with Crippen LogP contribution in [-0.4, -0.2) is 29.2 Å². The maximum absolute atomic E-state index is 5.42. The van der Waals surface area contributed by atoms with Gasteiger partial charge in [0, 0.05) is 25.2 Å². The fourth-order valence-corrected chi connectivity index (χ4v) is 2.74. The van der Waals surface area contributed by atoms with Crippen LogP contribution in [0.3, 0.4) is 0 Å². The van der Waals surface area contributed by atoms with Crippen LogP contribution in [0.4, 0.5) is 0 Å². The second-order valence-corrected chi connectivity index (χ2v) is 6.00. The monoisotopic (exact) mass is 265 g/mol. The first-order chi connectivity index (χ1) is 9.17. The number of hydrogen-bond donors (Lipinski definition) is 1. The van der Waals surface area contributed by atoms with E-state index in [0.29, 0.717) is 6.04 Å². The first-order valence-corrected chi connectivity index (χ1v) is 7.57. The second kappa shape index (κ2) is 7.06. The van der Waals surface area contributed by atoms with Crippen molar-refractivity contribution in [2.75, 3.05) is 13.1 Å². The molecule has 1 aromatic heterocycles. The summed E-state index contributed by atoms with van der Waals surface area (Å²) >= 11 is 0. The molecule has 1 aliphatic heterocycles. The van der Waals surface area contributed by atoms with Gasteiger partial charge < -0.3 is 9.84 Å². The molecule has 0 amide bonds. The molecule has 1 atom stereocenters. The molecule has 1 unspecified atom stereocenters. The Kier molecular flexibility index (Phi) is 5.40. The van der Waals surface area contributed by atoms with Crippen LogP contribution < -0.4 is 5.32 Å². The van der Waals surface area contributed by atoms with Gasteiger partial charge >= 0.3 is 0 Å². The number of hydrogen-bond acceptors (Lipinski definition) is 4. The van der Waals surface area contributed by atoms with Crippen molar-refractivity contribution in [3.05, 3.63) is 17.5 Å². The summed E-state index contributed by atoms with van der Waals surface area (Å²) in [4.78, 5) is 2.49. The van der Waals surface area contributed by atoms with Crippen molar-refractivity contribution in [1.29, 1.82) is 0 Å². The predicted octanol–water partition coefficient (Wildman–Crippen LogP) is 2.79. The minimum absolute atomic E-state index is 0.480. The Labute approximate surface area is 116 Å². The molecule has 0 spiro atoms. The molecule has 1 N–H and O–H groups in total. The summed E-state index contributed by atoms with van der Waals surface area (Å²) in [5.41, 5.74) is 1.01. The van der Waals surface area contributed by atoms with E-state index >= 15 is 0 Å². The van der Waals surface area contributed by atoms with Gasteiger partial charge in [-0.05, 0) is 25.3 Å². The Hall–Kier alpha value is -0.870. The van der Waals surface area contributed by atoms with Gasteiger partial charge in [-0.2, -0.15) is 0 Å². The molecular formula is C15H27N3O. The summed E-state index contributed by atoms with van der Waals surface area (Å²) in [6, 6.07) is 2.57. The van der Waals surface area contributed by atoms with E-state index in [1.54, 1.807) is 0 Å². The fraction of sp³-hybridized carbons (Fsp3) is 0.800. The van der Waals surface area contributed by atoms with Gasteiger partial charge in [0.25, 0.3) is 0 Å². The summed E-state index contributed by atoms with van der Waals surface area (Å²) in [6.07, 6.45) is 3.99. The van der Waals surface area contributed by atoms with E-state index in [9.17, 15) is 0 Å². The minimum atomic E-state index is 0.480. The van der Waals surface area contributed by atoms with E-state index < -0.39 is 0 Å². The Balaban J connectivity index is 1.77. The first-order valence-electron chi connectivity index (χ1n) is 7.57. The summed E-state index contributed by atoms with van der Waals surface area (Å²) < 4.78 is 5.42. The Morgan fingerprint density at radius 2 is 2.37 bits per heavy atom. The first kappa shape index (κ1) is 14.5. The highest BCUT2D eigenvalue weighted by atomic mass is 16.5. The lowest BCUT2D eigenvalue weighted by molar-refractivity contribution is 0.263. The highest BCUT2D eigenvalue weighted by molar-refractivity contribution is 5.05. The van der Waals surface area contributed by atoms with Gasteiger partial charge in [0.15, 0.2) is 5.76 Å². The van der Waals surface area contributed by atoms with Crippen molar-refractivity contribution >= 4 is 0 Å². The highest BCUT2D eigenvalue weighted by Gasteiger charge is 2.22. The normalized spacial score (nSPS) is 20.5. The molecule has 4 heteroatoms. The largest absolute Gasteiger partial charge is 0.360 e. The molecule has 0 aliphatic carbocycles. The van der Waals surface area contributed by atoms with Crippen LogP contribution >= 0.6 is 0 Å². The second-order valence-electron chi connectivity index (χ2n) is 6.00. The molecule has 19 heavy (non-hydrogen) atoms. The van der Waals surface area contributed by atoms with Crippen molar-refractivity contribution in [1.82, 2.24) is 15.4 Å². The van der Waals surface area contributed by atoms with Crippen LogP contribution in [0.1, 0.15) is 51.5 Å². The number of likely N-dealkylation sites (tertiary alicyclic amines) is 1. The van der Waals surface area contributed by atoms with E-state index in [0.717, 1.165) is 30.5 Å². The van der Waals surface area contributed by atoms with E-state index in [1.165, 1.54) is 32.4 Å². The molecule has 0 saturated carbocycles.